The van der Waals surface area contributed by atoms with Gasteiger partial charge in [0.2, 0.25) is 0 Å². The molecule has 13 aromatic rings. The molecule has 0 aliphatic heterocycles. The molecular weight excluding hydrogens is 755 g/mol. The van der Waals surface area contributed by atoms with Crippen LogP contribution in [0.3, 0.4) is 0 Å². The van der Waals surface area contributed by atoms with Gasteiger partial charge in [-0.1, -0.05) is 152 Å². The van der Waals surface area contributed by atoms with Crippen molar-refractivity contribution in [1.29, 1.82) is 0 Å². The zero-order valence-corrected chi connectivity index (χ0v) is 33.6. The van der Waals surface area contributed by atoms with Gasteiger partial charge in [-0.05, 0) is 78.2 Å². The van der Waals surface area contributed by atoms with E-state index in [0.29, 0.717) is 0 Å². The number of hydrogen-bond acceptors (Lipinski definition) is 2. The minimum absolute atomic E-state index is 0.878. The molecule has 10 aromatic carbocycles. The van der Waals surface area contributed by atoms with Gasteiger partial charge in [0.15, 0.2) is 0 Å². The lowest BCUT2D eigenvalue weighted by Gasteiger charge is -2.30. The molecule has 0 atom stereocenters. The normalized spacial score (nSPS) is 11.9. The van der Waals surface area contributed by atoms with Crippen molar-refractivity contribution in [3.05, 3.63) is 224 Å². The quantitative estimate of drug-likeness (QED) is 0.168. The molecule has 290 valence electrons. The van der Waals surface area contributed by atoms with Crippen LogP contribution in [-0.4, -0.2) is 9.13 Å². The number of para-hydroxylation sites is 8. The monoisotopic (exact) mass is 791 g/mol. The molecule has 0 fully saturated rings. The Labute approximate surface area is 357 Å². The number of aromatic nitrogens is 2. The van der Waals surface area contributed by atoms with E-state index in [1.807, 2.05) is 0 Å². The third-order valence-electron chi connectivity index (χ3n) is 12.7. The minimum atomic E-state index is 0.878. The highest BCUT2D eigenvalue weighted by Gasteiger charge is 2.25. The van der Waals surface area contributed by atoms with E-state index in [2.05, 4.69) is 238 Å². The average molecular weight is 792 g/mol. The van der Waals surface area contributed by atoms with Crippen molar-refractivity contribution in [2.45, 2.75) is 0 Å². The third kappa shape index (κ3) is 5.07. The maximum absolute atomic E-state index is 6.98. The summed E-state index contributed by atoms with van der Waals surface area (Å²) in [6.45, 7) is 0. The molecule has 62 heavy (non-hydrogen) atoms. The Balaban J connectivity index is 1.07. The van der Waals surface area contributed by atoms with Gasteiger partial charge in [-0.25, -0.2) is 0 Å². The summed E-state index contributed by atoms with van der Waals surface area (Å²) in [5, 5.41) is 9.45. The zero-order valence-electron chi connectivity index (χ0n) is 33.6. The van der Waals surface area contributed by atoms with E-state index in [9.17, 15) is 0 Å². The summed E-state index contributed by atoms with van der Waals surface area (Å²) in [5.41, 5.74) is 13.9. The summed E-state index contributed by atoms with van der Waals surface area (Å²) in [5.74, 6) is 0. The Bertz CT molecular complexity index is 3780. The fraction of sp³-hybridized carbons (Fsp3) is 0. The molecule has 4 nitrogen and oxygen atoms in total. The van der Waals surface area contributed by atoms with Gasteiger partial charge in [0.25, 0.3) is 0 Å². The number of hydrogen-bond donors (Lipinski definition) is 0. The standard InChI is InChI=1S/C58H37N3O/c1-2-17-41-38(16-1)32-37-49-48-24-15-23-47(58(48)62-57(41)49)46-22-7-10-27-52(46)60(40-35-33-39(34-36-40)59-50-25-8-3-18-42(50)43-19-4-9-26-51(43)59)55-30-13-14-31-56(55)61-53-28-11-5-20-44(53)45-21-6-12-29-54(45)61/h1-37H. The molecule has 3 aromatic heterocycles. The van der Waals surface area contributed by atoms with E-state index < -0.39 is 0 Å². The van der Waals surface area contributed by atoms with Crippen molar-refractivity contribution in [3.63, 3.8) is 0 Å². The predicted molar refractivity (Wildman–Crippen MR) is 260 cm³/mol. The van der Waals surface area contributed by atoms with Crippen LogP contribution in [0, 0.1) is 0 Å². The number of fused-ring (bicyclic) bond motifs is 11. The van der Waals surface area contributed by atoms with Gasteiger partial charge in [0.05, 0.1) is 39.1 Å². The molecule has 0 saturated heterocycles. The maximum Gasteiger partial charge on any atom is 0.143 e. The molecule has 0 saturated carbocycles. The van der Waals surface area contributed by atoms with Crippen molar-refractivity contribution in [2.24, 2.45) is 0 Å². The van der Waals surface area contributed by atoms with Crippen molar-refractivity contribution in [1.82, 2.24) is 9.13 Å². The average Bonchev–Trinajstić information content (AvgIpc) is 4.01. The highest BCUT2D eigenvalue weighted by Crippen LogP contribution is 2.47. The van der Waals surface area contributed by atoms with Gasteiger partial charge in [-0.15, -0.1) is 0 Å². The summed E-state index contributed by atoms with van der Waals surface area (Å²) in [4.78, 5) is 2.43. The molecule has 4 heteroatoms. The first-order chi connectivity index (χ1) is 30.8. The molecule has 0 unspecified atom stereocenters. The number of rotatable bonds is 6. The Hall–Kier alpha value is -8.34. The van der Waals surface area contributed by atoms with E-state index in [4.69, 9.17) is 4.42 Å². The van der Waals surface area contributed by atoms with E-state index in [-0.39, 0.29) is 0 Å². The van der Waals surface area contributed by atoms with Crippen LogP contribution in [0.2, 0.25) is 0 Å². The fourth-order valence-electron chi connectivity index (χ4n) is 10.0. The lowest BCUT2D eigenvalue weighted by atomic mass is 9.98. The van der Waals surface area contributed by atoms with Crippen LogP contribution in [-0.2, 0) is 0 Å². The van der Waals surface area contributed by atoms with Crippen LogP contribution >= 0.6 is 0 Å². The van der Waals surface area contributed by atoms with E-state index in [0.717, 1.165) is 77.9 Å². The smallest absolute Gasteiger partial charge is 0.143 e. The highest BCUT2D eigenvalue weighted by atomic mass is 16.3. The number of furan rings is 1. The van der Waals surface area contributed by atoms with Gasteiger partial charge in [-0.2, -0.15) is 0 Å². The summed E-state index contributed by atoms with van der Waals surface area (Å²) in [6.07, 6.45) is 0. The first-order valence-electron chi connectivity index (χ1n) is 21.2. The molecule has 0 amide bonds. The molecule has 0 bridgehead atoms. The molecule has 0 radical (unpaired) electrons. The van der Waals surface area contributed by atoms with Crippen molar-refractivity contribution >= 4 is 93.4 Å². The molecule has 3 heterocycles. The first-order valence-corrected chi connectivity index (χ1v) is 21.2. The second-order valence-corrected chi connectivity index (χ2v) is 16.0. The molecular formula is C58H37N3O. The predicted octanol–water partition coefficient (Wildman–Crippen LogP) is 16.1. The Morgan fingerprint density at radius 3 is 1.45 bits per heavy atom. The summed E-state index contributed by atoms with van der Waals surface area (Å²) in [7, 11) is 0. The van der Waals surface area contributed by atoms with Gasteiger partial charge < -0.3 is 18.5 Å². The molecule has 13 rings (SSSR count). The van der Waals surface area contributed by atoms with Crippen LogP contribution in [0.15, 0.2) is 229 Å². The van der Waals surface area contributed by atoms with Crippen molar-refractivity contribution in [2.75, 3.05) is 4.90 Å². The number of anilines is 3. The largest absolute Gasteiger partial charge is 0.455 e. The third-order valence-corrected chi connectivity index (χ3v) is 12.7. The molecule has 0 aliphatic rings. The summed E-state index contributed by atoms with van der Waals surface area (Å²) < 4.78 is 11.8. The molecule has 0 aliphatic carbocycles. The van der Waals surface area contributed by atoms with Gasteiger partial charge in [0, 0.05) is 60.2 Å². The Morgan fingerprint density at radius 2 is 0.790 bits per heavy atom. The fourth-order valence-corrected chi connectivity index (χ4v) is 10.0. The first kappa shape index (κ1) is 34.5. The Kier molecular flexibility index (Phi) is 7.57. The summed E-state index contributed by atoms with van der Waals surface area (Å²) in [6, 6.07) is 80.9. The zero-order chi connectivity index (χ0) is 40.7. The topological polar surface area (TPSA) is 26.2 Å². The molecule has 0 N–H and O–H groups in total. The number of nitrogens with zero attached hydrogens (tertiary/aromatic N) is 3. The van der Waals surface area contributed by atoms with Crippen LogP contribution in [0.1, 0.15) is 0 Å². The van der Waals surface area contributed by atoms with Crippen molar-refractivity contribution in [3.8, 4) is 22.5 Å². The van der Waals surface area contributed by atoms with Crippen LogP contribution < -0.4 is 4.90 Å². The van der Waals surface area contributed by atoms with Crippen LogP contribution in [0.25, 0.3) is 98.8 Å². The SMILES string of the molecule is c1ccc(N(c2ccc(-n3c4ccccc4c4ccccc43)cc2)c2ccccc2-n2c3ccccc3c3ccccc32)c(-c2cccc3c2oc2c4ccccc4ccc32)c1. The second-order valence-electron chi connectivity index (χ2n) is 16.0. The van der Waals surface area contributed by atoms with E-state index in [1.165, 1.54) is 38.0 Å². The second kappa shape index (κ2) is 13.6. The maximum atomic E-state index is 6.98. The lowest BCUT2D eigenvalue weighted by molar-refractivity contribution is 0.674. The number of benzene rings is 10. The van der Waals surface area contributed by atoms with Crippen molar-refractivity contribution < 1.29 is 4.42 Å². The van der Waals surface area contributed by atoms with E-state index in [1.54, 1.807) is 0 Å². The summed E-state index contributed by atoms with van der Waals surface area (Å²) >= 11 is 0. The highest BCUT2D eigenvalue weighted by molar-refractivity contribution is 6.18. The van der Waals surface area contributed by atoms with Gasteiger partial charge in [-0.3, -0.25) is 0 Å². The van der Waals surface area contributed by atoms with Crippen LogP contribution in [0.4, 0.5) is 17.1 Å². The van der Waals surface area contributed by atoms with Gasteiger partial charge >= 0.3 is 0 Å². The van der Waals surface area contributed by atoms with E-state index >= 15 is 0 Å². The van der Waals surface area contributed by atoms with Gasteiger partial charge in [0.1, 0.15) is 11.2 Å². The van der Waals surface area contributed by atoms with Crippen LogP contribution in [0.5, 0.6) is 0 Å². The molecule has 0 spiro atoms. The minimum Gasteiger partial charge on any atom is -0.455 e. The Morgan fingerprint density at radius 1 is 0.306 bits per heavy atom. The lowest BCUT2D eigenvalue weighted by Crippen LogP contribution is -2.14.